The zero-order chi connectivity index (χ0) is 18.5. The molecule has 5 nitrogen and oxygen atoms in total. The van der Waals surface area contributed by atoms with Gasteiger partial charge in [0.15, 0.2) is 0 Å². The fourth-order valence-electron chi connectivity index (χ4n) is 2.83. The minimum Gasteiger partial charge on any atom is -0.324 e. The summed E-state index contributed by atoms with van der Waals surface area (Å²) in [6.45, 7) is 3.83. The summed E-state index contributed by atoms with van der Waals surface area (Å²) in [4.78, 5) is 25.1. The number of amides is 1. The molecule has 0 saturated carbocycles. The molecule has 0 bridgehead atoms. The van der Waals surface area contributed by atoms with Gasteiger partial charge < -0.3 is 5.32 Å². The maximum Gasteiger partial charge on any atom is 0.267 e. The molecule has 26 heavy (non-hydrogen) atoms. The van der Waals surface area contributed by atoms with E-state index in [1.54, 1.807) is 6.07 Å². The van der Waals surface area contributed by atoms with E-state index in [4.69, 9.17) is 0 Å². The third kappa shape index (κ3) is 3.88. The largest absolute Gasteiger partial charge is 0.324 e. The summed E-state index contributed by atoms with van der Waals surface area (Å²) >= 11 is 0. The number of aromatic nitrogens is 2. The maximum absolute atomic E-state index is 12.7. The molecule has 0 aliphatic rings. The Hall–Kier alpha value is -3.21. The van der Waals surface area contributed by atoms with E-state index in [0.717, 1.165) is 11.1 Å². The van der Waals surface area contributed by atoms with Gasteiger partial charge in [-0.2, -0.15) is 5.10 Å². The highest BCUT2D eigenvalue weighted by atomic mass is 16.2. The van der Waals surface area contributed by atoms with Crippen LogP contribution < -0.4 is 10.9 Å². The zero-order valence-corrected chi connectivity index (χ0v) is 14.8. The van der Waals surface area contributed by atoms with Crippen LogP contribution in [0, 0.1) is 6.92 Å². The Labute approximate surface area is 152 Å². The van der Waals surface area contributed by atoms with Crippen LogP contribution in [0.4, 0.5) is 5.69 Å². The van der Waals surface area contributed by atoms with E-state index in [9.17, 15) is 9.59 Å². The van der Waals surface area contributed by atoms with Crippen molar-refractivity contribution in [2.75, 3.05) is 5.32 Å². The third-order valence-electron chi connectivity index (χ3n) is 4.16. The van der Waals surface area contributed by atoms with E-state index < -0.39 is 6.04 Å². The fourth-order valence-corrected chi connectivity index (χ4v) is 2.83. The zero-order valence-electron chi connectivity index (χ0n) is 14.8. The minimum absolute atomic E-state index is 0.252. The van der Waals surface area contributed by atoms with Gasteiger partial charge in [0, 0.05) is 17.3 Å². The number of hydrogen-bond acceptors (Lipinski definition) is 3. The molecule has 0 aliphatic carbocycles. The summed E-state index contributed by atoms with van der Waals surface area (Å²) in [6, 6.07) is 19.6. The molecule has 1 N–H and O–H groups in total. The first-order valence-corrected chi connectivity index (χ1v) is 8.61. The van der Waals surface area contributed by atoms with Gasteiger partial charge in [-0.05, 0) is 37.1 Å². The van der Waals surface area contributed by atoms with Gasteiger partial charge in [0.2, 0.25) is 5.91 Å². The van der Waals surface area contributed by atoms with E-state index in [2.05, 4.69) is 10.4 Å². The Kier molecular flexibility index (Phi) is 5.27. The number of carbonyl (C=O) groups is 1. The average Bonchev–Trinajstić information content (AvgIpc) is 2.64. The third-order valence-corrected chi connectivity index (χ3v) is 4.16. The van der Waals surface area contributed by atoms with Crippen LogP contribution in [0.5, 0.6) is 0 Å². The summed E-state index contributed by atoms with van der Waals surface area (Å²) in [5, 5.41) is 7.32. The molecule has 1 atom stereocenters. The molecule has 3 rings (SSSR count). The average molecular weight is 347 g/mol. The van der Waals surface area contributed by atoms with Crippen molar-refractivity contribution in [1.82, 2.24) is 9.78 Å². The lowest BCUT2D eigenvalue weighted by Crippen LogP contribution is -2.34. The molecule has 1 amide bonds. The van der Waals surface area contributed by atoms with Gasteiger partial charge in [0.25, 0.3) is 5.56 Å². The molecular weight excluding hydrogens is 326 g/mol. The topological polar surface area (TPSA) is 64.0 Å². The van der Waals surface area contributed by atoms with Crippen molar-refractivity contribution in [1.29, 1.82) is 0 Å². The van der Waals surface area contributed by atoms with Crippen LogP contribution in [0.1, 0.15) is 24.9 Å². The van der Waals surface area contributed by atoms with Gasteiger partial charge in [-0.3, -0.25) is 9.59 Å². The molecule has 0 saturated heterocycles. The molecule has 1 heterocycles. The van der Waals surface area contributed by atoms with Crippen LogP contribution in [0.25, 0.3) is 11.3 Å². The Morgan fingerprint density at radius 1 is 1.08 bits per heavy atom. The summed E-state index contributed by atoms with van der Waals surface area (Å²) in [7, 11) is 0. The molecule has 1 aromatic heterocycles. The summed E-state index contributed by atoms with van der Waals surface area (Å²) in [6.07, 6.45) is 0.461. The minimum atomic E-state index is -0.674. The maximum atomic E-state index is 12.7. The van der Waals surface area contributed by atoms with E-state index in [-0.39, 0.29) is 11.5 Å². The monoisotopic (exact) mass is 347 g/mol. The fraction of sp³-hybridized carbons (Fsp3) is 0.190. The Balaban J connectivity index is 1.92. The molecule has 2 aromatic carbocycles. The van der Waals surface area contributed by atoms with Gasteiger partial charge in [-0.1, -0.05) is 49.4 Å². The van der Waals surface area contributed by atoms with Crippen molar-refractivity contribution < 1.29 is 4.79 Å². The Morgan fingerprint density at radius 2 is 1.85 bits per heavy atom. The second kappa shape index (κ2) is 7.78. The number of nitrogens with one attached hydrogen (secondary N) is 1. The lowest BCUT2D eigenvalue weighted by atomic mass is 10.1. The van der Waals surface area contributed by atoms with E-state index in [1.165, 1.54) is 10.7 Å². The van der Waals surface area contributed by atoms with Crippen molar-refractivity contribution in [3.8, 4) is 11.3 Å². The number of hydrogen-bond donors (Lipinski definition) is 1. The van der Waals surface area contributed by atoms with Gasteiger partial charge in [-0.25, -0.2) is 4.68 Å². The summed E-state index contributed by atoms with van der Waals surface area (Å²) in [5.41, 5.74) is 3.02. The predicted octanol–water partition coefficient (Wildman–Crippen LogP) is 3.81. The normalized spacial score (nSPS) is 11.8. The van der Waals surface area contributed by atoms with Crippen molar-refractivity contribution in [3.63, 3.8) is 0 Å². The van der Waals surface area contributed by atoms with Crippen LogP contribution in [-0.4, -0.2) is 15.7 Å². The van der Waals surface area contributed by atoms with Gasteiger partial charge in [0.05, 0.1) is 5.69 Å². The van der Waals surface area contributed by atoms with Crippen molar-refractivity contribution in [3.05, 3.63) is 82.6 Å². The molecular formula is C21H21N3O2. The highest BCUT2D eigenvalue weighted by Crippen LogP contribution is 2.18. The molecule has 0 radical (unpaired) electrons. The number of carbonyl (C=O) groups excluding carboxylic acids is 1. The summed E-state index contributed by atoms with van der Waals surface area (Å²) in [5.74, 6) is -0.252. The highest BCUT2D eigenvalue weighted by molar-refractivity contribution is 5.93. The lowest BCUT2D eigenvalue weighted by molar-refractivity contribution is -0.119. The Bertz CT molecular complexity index is 964. The van der Waals surface area contributed by atoms with Gasteiger partial charge in [0.1, 0.15) is 6.04 Å². The van der Waals surface area contributed by atoms with Crippen molar-refractivity contribution in [2.24, 2.45) is 0 Å². The molecule has 0 fully saturated rings. The van der Waals surface area contributed by atoms with Crippen LogP contribution in [0.2, 0.25) is 0 Å². The van der Waals surface area contributed by atoms with Crippen LogP contribution in [0.3, 0.4) is 0 Å². The predicted molar refractivity (Wildman–Crippen MR) is 103 cm³/mol. The van der Waals surface area contributed by atoms with Crippen LogP contribution >= 0.6 is 0 Å². The second-order valence-electron chi connectivity index (χ2n) is 6.15. The highest BCUT2D eigenvalue weighted by Gasteiger charge is 2.21. The van der Waals surface area contributed by atoms with Crippen LogP contribution in [-0.2, 0) is 4.79 Å². The molecule has 0 aliphatic heterocycles. The molecule has 5 heteroatoms. The number of nitrogens with zero attached hydrogens (tertiary/aromatic N) is 2. The number of rotatable bonds is 5. The second-order valence-corrected chi connectivity index (χ2v) is 6.15. The first kappa shape index (κ1) is 17.6. The molecule has 0 unspecified atom stereocenters. The number of anilines is 1. The van der Waals surface area contributed by atoms with Gasteiger partial charge >= 0.3 is 0 Å². The van der Waals surface area contributed by atoms with Crippen LogP contribution in [0.15, 0.2) is 71.5 Å². The smallest absolute Gasteiger partial charge is 0.267 e. The van der Waals surface area contributed by atoms with E-state index in [1.807, 2.05) is 68.4 Å². The lowest BCUT2D eigenvalue weighted by Gasteiger charge is -2.17. The first-order chi connectivity index (χ1) is 12.6. The SMILES string of the molecule is CC[C@@H](C(=O)Nc1cccc(C)c1)n1nc(-c2ccccc2)ccc1=O. The van der Waals surface area contributed by atoms with Crippen molar-refractivity contribution >= 4 is 11.6 Å². The Morgan fingerprint density at radius 3 is 2.54 bits per heavy atom. The molecule has 132 valence electrons. The van der Waals surface area contributed by atoms with E-state index >= 15 is 0 Å². The molecule has 3 aromatic rings. The number of benzene rings is 2. The molecule has 0 spiro atoms. The standard InChI is InChI=1S/C21H21N3O2/c1-3-19(21(26)22-17-11-7-8-15(2)14-17)24-20(25)13-12-18(23-24)16-9-5-4-6-10-16/h4-14,19H,3H2,1-2H3,(H,22,26)/t19-/m0/s1. The van der Waals surface area contributed by atoms with E-state index in [0.29, 0.717) is 17.8 Å². The van der Waals surface area contributed by atoms with Crippen molar-refractivity contribution in [2.45, 2.75) is 26.3 Å². The van der Waals surface area contributed by atoms with Gasteiger partial charge in [-0.15, -0.1) is 0 Å². The quantitative estimate of drug-likeness (QED) is 0.763. The number of aryl methyl sites for hydroxylation is 1. The summed E-state index contributed by atoms with van der Waals surface area (Å²) < 4.78 is 1.27. The first-order valence-electron chi connectivity index (χ1n) is 8.61.